The first-order valence-corrected chi connectivity index (χ1v) is 5.79. The molecule has 2 atom stereocenters. The van der Waals surface area contributed by atoms with E-state index in [1.165, 1.54) is 11.8 Å². The molecule has 0 N–H and O–H groups in total. The minimum Gasteiger partial charge on any atom is -0.302 e. The van der Waals surface area contributed by atoms with Crippen molar-refractivity contribution in [2.45, 2.75) is 12.2 Å². The van der Waals surface area contributed by atoms with E-state index < -0.39 is 0 Å². The van der Waals surface area contributed by atoms with Gasteiger partial charge in [-0.1, -0.05) is 13.0 Å². The first kappa shape index (κ1) is 10.6. The van der Waals surface area contributed by atoms with E-state index in [9.17, 15) is 4.79 Å². The molecule has 15 heavy (non-hydrogen) atoms. The second kappa shape index (κ2) is 4.33. The average Bonchev–Trinajstić information content (AvgIpc) is 2.60. The molecule has 0 aromatic carbocycles. The molecule has 0 radical (unpaired) electrons. The number of allylic oxidation sites excluding steroid dienone is 1. The molecular weight excluding hydrogens is 232 g/mol. The summed E-state index contributed by atoms with van der Waals surface area (Å²) in [6, 6.07) is 1.80. The fourth-order valence-corrected chi connectivity index (χ4v) is 2.71. The molecule has 1 aliphatic rings. The number of carbonyl (C=O) groups is 1. The van der Waals surface area contributed by atoms with Gasteiger partial charge in [-0.15, -0.1) is 11.8 Å². The summed E-state index contributed by atoms with van der Waals surface area (Å²) in [6.07, 6.45) is 4.63. The van der Waals surface area contributed by atoms with Crippen LogP contribution < -0.4 is 0 Å². The van der Waals surface area contributed by atoms with E-state index in [4.69, 9.17) is 11.6 Å². The fraction of sp³-hybridized carbons (Fsp3) is 0.300. The molecule has 0 spiro atoms. The van der Waals surface area contributed by atoms with Crippen molar-refractivity contribution in [3.8, 4) is 0 Å². The normalized spacial score (nSPS) is 25.1. The number of aldehydes is 1. The second-order valence-corrected chi connectivity index (χ2v) is 4.88. The average molecular weight is 241 g/mol. The second-order valence-electron chi connectivity index (χ2n) is 3.32. The highest BCUT2D eigenvalue weighted by Gasteiger charge is 2.25. The molecule has 0 aliphatic carbocycles. The third-order valence-corrected chi connectivity index (χ3v) is 3.80. The largest absolute Gasteiger partial charge is 0.302 e. The van der Waals surface area contributed by atoms with Crippen LogP contribution in [0.4, 0.5) is 0 Å². The van der Waals surface area contributed by atoms with Crippen molar-refractivity contribution in [1.29, 1.82) is 0 Å². The smallest absolute Gasteiger partial charge is 0.222 e. The van der Waals surface area contributed by atoms with Gasteiger partial charge in [-0.05, 0) is 23.6 Å². The van der Waals surface area contributed by atoms with Gasteiger partial charge in [0.1, 0.15) is 6.29 Å². The number of nitrogens with zero attached hydrogens (tertiary/aromatic N) is 2. The minimum atomic E-state index is -0.00580. The molecule has 0 amide bonds. The molecule has 0 fully saturated rings. The lowest BCUT2D eigenvalue weighted by Crippen LogP contribution is -2.08. The highest BCUT2D eigenvalue weighted by atomic mass is 35.5. The van der Waals surface area contributed by atoms with Crippen LogP contribution in [-0.4, -0.2) is 21.5 Å². The Morgan fingerprint density at radius 3 is 3.00 bits per heavy atom. The Morgan fingerprint density at radius 2 is 2.40 bits per heavy atom. The molecule has 2 heterocycles. The molecule has 1 aliphatic heterocycles. The number of hydrogen-bond acceptors (Lipinski definition) is 4. The van der Waals surface area contributed by atoms with E-state index in [0.29, 0.717) is 0 Å². The lowest BCUT2D eigenvalue weighted by molar-refractivity contribution is -0.107. The van der Waals surface area contributed by atoms with Gasteiger partial charge >= 0.3 is 0 Å². The molecular formula is C10H9ClN2OS. The summed E-state index contributed by atoms with van der Waals surface area (Å²) in [7, 11) is 0. The maximum atomic E-state index is 10.7. The third kappa shape index (κ3) is 2.21. The van der Waals surface area contributed by atoms with Crippen molar-refractivity contribution in [3.63, 3.8) is 0 Å². The highest BCUT2D eigenvalue weighted by molar-refractivity contribution is 8.09. The predicted octanol–water partition coefficient (Wildman–Crippen LogP) is 2.42. The van der Waals surface area contributed by atoms with Crippen molar-refractivity contribution in [2.75, 3.05) is 0 Å². The van der Waals surface area contributed by atoms with E-state index in [0.717, 1.165) is 16.9 Å². The van der Waals surface area contributed by atoms with Crippen LogP contribution in [0.5, 0.6) is 0 Å². The van der Waals surface area contributed by atoms with E-state index >= 15 is 0 Å². The summed E-state index contributed by atoms with van der Waals surface area (Å²) >= 11 is 7.23. The van der Waals surface area contributed by atoms with Crippen LogP contribution in [0, 0.1) is 5.92 Å². The lowest BCUT2D eigenvalue weighted by atomic mass is 10.1. The van der Waals surface area contributed by atoms with E-state index in [1.807, 2.05) is 13.0 Å². The van der Waals surface area contributed by atoms with Gasteiger partial charge in [0, 0.05) is 11.1 Å². The van der Waals surface area contributed by atoms with Crippen LogP contribution in [-0.2, 0) is 4.79 Å². The zero-order valence-corrected chi connectivity index (χ0v) is 9.63. The molecule has 2 rings (SSSR count). The molecule has 1 aromatic heterocycles. The van der Waals surface area contributed by atoms with Gasteiger partial charge in [-0.2, -0.15) is 0 Å². The van der Waals surface area contributed by atoms with Gasteiger partial charge in [-0.25, -0.2) is 9.97 Å². The molecule has 0 saturated heterocycles. The Labute approximate surface area is 97.0 Å². The summed E-state index contributed by atoms with van der Waals surface area (Å²) in [4.78, 5) is 19.7. The monoisotopic (exact) mass is 240 g/mol. The predicted molar refractivity (Wildman–Crippen MR) is 61.6 cm³/mol. The maximum Gasteiger partial charge on any atom is 0.222 e. The molecule has 0 saturated carbocycles. The number of thioether (sulfide) groups is 1. The first-order valence-electron chi connectivity index (χ1n) is 4.53. The Kier molecular flexibility index (Phi) is 3.07. The molecule has 0 bridgehead atoms. The number of hydrogen-bond donors (Lipinski definition) is 0. The maximum absolute atomic E-state index is 10.7. The van der Waals surface area contributed by atoms with Gasteiger partial charge in [0.15, 0.2) is 0 Å². The van der Waals surface area contributed by atoms with Crippen LogP contribution in [0.3, 0.4) is 0 Å². The third-order valence-electron chi connectivity index (χ3n) is 2.21. The van der Waals surface area contributed by atoms with Gasteiger partial charge in [0.05, 0.1) is 10.9 Å². The van der Waals surface area contributed by atoms with Gasteiger partial charge in [0.25, 0.3) is 0 Å². The topological polar surface area (TPSA) is 42.9 Å². The van der Waals surface area contributed by atoms with E-state index in [1.54, 1.807) is 12.3 Å². The van der Waals surface area contributed by atoms with Crippen molar-refractivity contribution in [2.24, 2.45) is 5.92 Å². The van der Waals surface area contributed by atoms with Crippen molar-refractivity contribution >= 4 is 34.6 Å². The van der Waals surface area contributed by atoms with Crippen LogP contribution >= 0.6 is 23.4 Å². The van der Waals surface area contributed by atoms with Gasteiger partial charge < -0.3 is 4.79 Å². The van der Waals surface area contributed by atoms with Crippen LogP contribution in [0.2, 0.25) is 5.28 Å². The summed E-state index contributed by atoms with van der Waals surface area (Å²) in [5.41, 5.74) is 0.788. The minimum absolute atomic E-state index is 0.00580. The zero-order valence-electron chi connectivity index (χ0n) is 8.05. The van der Waals surface area contributed by atoms with Crippen LogP contribution in [0.25, 0.3) is 4.91 Å². The van der Waals surface area contributed by atoms with Gasteiger partial charge in [0.2, 0.25) is 5.28 Å². The number of carbonyl (C=O) groups excluding carboxylic acids is 1. The number of rotatable bonds is 2. The summed E-state index contributed by atoms with van der Waals surface area (Å²) < 4.78 is 0. The van der Waals surface area contributed by atoms with Crippen molar-refractivity contribution in [1.82, 2.24) is 9.97 Å². The van der Waals surface area contributed by atoms with Crippen molar-refractivity contribution < 1.29 is 4.79 Å². The number of aromatic nitrogens is 2. The Morgan fingerprint density at radius 1 is 1.60 bits per heavy atom. The summed E-state index contributed by atoms with van der Waals surface area (Å²) in [5.74, 6) is 0.247. The summed E-state index contributed by atoms with van der Waals surface area (Å²) in [6.45, 7) is 2.02. The molecule has 1 aromatic rings. The summed E-state index contributed by atoms with van der Waals surface area (Å²) in [5, 5.41) is 0.227. The van der Waals surface area contributed by atoms with Crippen LogP contribution in [0.1, 0.15) is 12.6 Å². The van der Waals surface area contributed by atoms with E-state index in [-0.39, 0.29) is 16.5 Å². The standard InChI is InChI=1S/C10H9ClN2OS/c1-6-4-8(15-9(6)5-14)7-2-3-12-10(11)13-7/h2-6,9H,1H3. The SMILES string of the molecule is CC1C=C(c2ccnc(Cl)n2)SC1C=O. The van der Waals surface area contributed by atoms with Crippen molar-refractivity contribution in [3.05, 3.63) is 29.3 Å². The first-order chi connectivity index (χ1) is 7.20. The Bertz CT molecular complexity index is 422. The highest BCUT2D eigenvalue weighted by Crippen LogP contribution is 2.40. The Hall–Kier alpha value is -0.870. The van der Waals surface area contributed by atoms with E-state index in [2.05, 4.69) is 9.97 Å². The fourth-order valence-electron chi connectivity index (χ4n) is 1.40. The molecule has 2 unspecified atom stereocenters. The molecule has 5 heteroatoms. The molecule has 78 valence electrons. The lowest BCUT2D eigenvalue weighted by Gasteiger charge is -2.04. The molecule has 3 nitrogen and oxygen atoms in total. The number of halogens is 1. The van der Waals surface area contributed by atoms with Gasteiger partial charge in [-0.3, -0.25) is 0 Å². The Balaban J connectivity index is 2.27. The van der Waals surface area contributed by atoms with Crippen LogP contribution in [0.15, 0.2) is 18.3 Å². The zero-order chi connectivity index (χ0) is 10.8. The quantitative estimate of drug-likeness (QED) is 0.588.